The van der Waals surface area contributed by atoms with Crippen molar-refractivity contribution in [1.82, 2.24) is 14.9 Å². The molecule has 0 unspecified atom stereocenters. The molecule has 0 saturated carbocycles. The Morgan fingerprint density at radius 1 is 1.24 bits per heavy atom. The molecular formula is C18H15N3O4. The van der Waals surface area contributed by atoms with Gasteiger partial charge in [0, 0.05) is 6.07 Å². The molecule has 0 radical (unpaired) electrons. The van der Waals surface area contributed by atoms with Crippen molar-refractivity contribution >= 4 is 16.9 Å². The number of hydrogen-bond acceptors (Lipinski definition) is 6. The predicted octanol–water partition coefficient (Wildman–Crippen LogP) is 1.79. The molecule has 7 nitrogen and oxygen atoms in total. The molecule has 126 valence electrons. The van der Waals surface area contributed by atoms with Gasteiger partial charge in [-0.25, -0.2) is 9.78 Å². The summed E-state index contributed by atoms with van der Waals surface area (Å²) in [5.41, 5.74) is 1.30. The summed E-state index contributed by atoms with van der Waals surface area (Å²) in [7, 11) is 0. The van der Waals surface area contributed by atoms with Gasteiger partial charge in [-0.1, -0.05) is 12.1 Å². The minimum Gasteiger partial charge on any atom is -0.486 e. The van der Waals surface area contributed by atoms with Crippen molar-refractivity contribution < 1.29 is 13.9 Å². The number of likely N-dealkylation sites (tertiary alicyclic amines) is 1. The average molecular weight is 337 g/mol. The van der Waals surface area contributed by atoms with Crippen molar-refractivity contribution in [3.63, 3.8) is 0 Å². The van der Waals surface area contributed by atoms with Gasteiger partial charge in [0.25, 0.3) is 5.91 Å². The maximum Gasteiger partial charge on any atom is 0.339 e. The maximum absolute atomic E-state index is 12.5. The number of nitrogens with zero attached hydrogens (tertiary/aromatic N) is 3. The first-order valence-corrected chi connectivity index (χ1v) is 7.88. The van der Waals surface area contributed by atoms with E-state index in [2.05, 4.69) is 9.97 Å². The van der Waals surface area contributed by atoms with Crippen LogP contribution in [0.5, 0.6) is 5.75 Å². The topological polar surface area (TPSA) is 85.5 Å². The number of aromatic nitrogens is 2. The lowest BCUT2D eigenvalue weighted by atomic mass is 10.1. The molecule has 4 rings (SSSR count). The van der Waals surface area contributed by atoms with Crippen molar-refractivity contribution in [2.45, 2.75) is 13.0 Å². The molecule has 25 heavy (non-hydrogen) atoms. The second kappa shape index (κ2) is 6.01. The molecule has 0 spiro atoms. The largest absolute Gasteiger partial charge is 0.486 e. The van der Waals surface area contributed by atoms with Crippen molar-refractivity contribution in [3.05, 3.63) is 64.5 Å². The summed E-state index contributed by atoms with van der Waals surface area (Å²) in [4.78, 5) is 34.1. The number of rotatable bonds is 3. The summed E-state index contributed by atoms with van der Waals surface area (Å²) < 4.78 is 10.6. The van der Waals surface area contributed by atoms with E-state index in [0.29, 0.717) is 35.8 Å². The zero-order valence-electron chi connectivity index (χ0n) is 13.5. The Bertz CT molecular complexity index is 1010. The van der Waals surface area contributed by atoms with Crippen LogP contribution in [-0.2, 0) is 0 Å². The number of benzene rings is 1. The van der Waals surface area contributed by atoms with E-state index in [9.17, 15) is 9.59 Å². The zero-order valence-corrected chi connectivity index (χ0v) is 13.5. The number of hydrogen-bond donors (Lipinski definition) is 0. The highest BCUT2D eigenvalue weighted by Crippen LogP contribution is 2.20. The first kappa shape index (κ1) is 15.3. The third-order valence-corrected chi connectivity index (χ3v) is 3.97. The van der Waals surface area contributed by atoms with E-state index >= 15 is 0 Å². The van der Waals surface area contributed by atoms with Gasteiger partial charge in [0.05, 0.1) is 36.4 Å². The lowest BCUT2D eigenvalue weighted by molar-refractivity contribution is 0.0170. The molecule has 3 aromatic rings. The molecule has 1 fully saturated rings. The molecule has 1 aliphatic rings. The van der Waals surface area contributed by atoms with Gasteiger partial charge >= 0.3 is 5.63 Å². The number of fused-ring (bicyclic) bond motifs is 1. The van der Waals surface area contributed by atoms with Crippen molar-refractivity contribution in [1.29, 1.82) is 0 Å². The fourth-order valence-electron chi connectivity index (χ4n) is 2.74. The number of carbonyl (C=O) groups is 1. The number of para-hydroxylation sites is 2. The summed E-state index contributed by atoms with van der Waals surface area (Å²) in [6.45, 7) is 2.56. The van der Waals surface area contributed by atoms with Gasteiger partial charge in [0.15, 0.2) is 0 Å². The predicted molar refractivity (Wildman–Crippen MR) is 89.6 cm³/mol. The number of amides is 1. The number of aryl methyl sites for hydroxylation is 1. The minimum atomic E-state index is -0.450. The normalized spacial score (nSPS) is 14.4. The SMILES string of the molecule is Cc1cc(OC2CN(C(=O)c3cnc4ccccc4n3)C2)cc(=O)o1. The zero-order chi connectivity index (χ0) is 17.4. The molecule has 0 N–H and O–H groups in total. The van der Waals surface area contributed by atoms with Crippen LogP contribution in [0.1, 0.15) is 16.2 Å². The Labute approximate surface area is 142 Å². The van der Waals surface area contributed by atoms with Crippen molar-refractivity contribution in [2.75, 3.05) is 13.1 Å². The fraction of sp³-hybridized carbons (Fsp3) is 0.222. The van der Waals surface area contributed by atoms with E-state index in [0.717, 1.165) is 5.52 Å². The Morgan fingerprint density at radius 2 is 2.00 bits per heavy atom. The molecule has 1 aliphatic heterocycles. The third kappa shape index (κ3) is 3.08. The van der Waals surface area contributed by atoms with Crippen LogP contribution in [0.3, 0.4) is 0 Å². The molecule has 3 heterocycles. The first-order valence-electron chi connectivity index (χ1n) is 7.88. The van der Waals surface area contributed by atoms with E-state index in [1.807, 2.05) is 24.3 Å². The van der Waals surface area contributed by atoms with Crippen molar-refractivity contribution in [2.24, 2.45) is 0 Å². The lowest BCUT2D eigenvalue weighted by Gasteiger charge is -2.38. The minimum absolute atomic E-state index is 0.154. The number of ether oxygens (including phenoxy) is 1. The van der Waals surface area contributed by atoms with Crippen LogP contribution in [0.4, 0.5) is 0 Å². The molecule has 0 aliphatic carbocycles. The van der Waals surface area contributed by atoms with E-state index in [4.69, 9.17) is 9.15 Å². The summed E-state index contributed by atoms with van der Waals surface area (Å²) in [6.07, 6.45) is 1.34. The summed E-state index contributed by atoms with van der Waals surface area (Å²) in [5, 5.41) is 0. The second-order valence-corrected chi connectivity index (χ2v) is 5.92. The Kier molecular flexibility index (Phi) is 3.68. The molecule has 7 heteroatoms. The standard InChI is InChI=1S/C18H15N3O4/c1-11-6-12(7-17(22)24-11)25-13-9-21(10-13)18(23)16-8-19-14-4-2-3-5-15(14)20-16/h2-8,13H,9-10H2,1H3. The lowest BCUT2D eigenvalue weighted by Crippen LogP contribution is -2.56. The van der Waals surface area contributed by atoms with E-state index in [1.54, 1.807) is 17.9 Å². The molecule has 0 bridgehead atoms. The van der Waals surface area contributed by atoms with Crippen LogP contribution in [0.25, 0.3) is 11.0 Å². The smallest absolute Gasteiger partial charge is 0.339 e. The van der Waals surface area contributed by atoms with Gasteiger partial charge < -0.3 is 14.1 Å². The maximum atomic E-state index is 12.5. The van der Waals surface area contributed by atoms with Crippen LogP contribution < -0.4 is 10.4 Å². The van der Waals surface area contributed by atoms with Crippen molar-refractivity contribution in [3.8, 4) is 5.75 Å². The Balaban J connectivity index is 1.42. The summed E-state index contributed by atoms with van der Waals surface area (Å²) in [5.74, 6) is 0.763. The summed E-state index contributed by atoms with van der Waals surface area (Å²) >= 11 is 0. The van der Waals surface area contributed by atoms with Gasteiger partial charge in [0.1, 0.15) is 23.3 Å². The van der Waals surface area contributed by atoms with Crippen LogP contribution in [0, 0.1) is 6.92 Å². The van der Waals surface area contributed by atoms with Crippen LogP contribution in [-0.4, -0.2) is 40.0 Å². The summed E-state index contributed by atoms with van der Waals surface area (Å²) in [6, 6.07) is 10.4. The first-order chi connectivity index (χ1) is 12.1. The van der Waals surface area contributed by atoms with Gasteiger partial charge in [-0.15, -0.1) is 0 Å². The third-order valence-electron chi connectivity index (χ3n) is 3.97. The van der Waals surface area contributed by atoms with Gasteiger partial charge in [-0.05, 0) is 19.1 Å². The molecule has 1 saturated heterocycles. The molecular weight excluding hydrogens is 322 g/mol. The van der Waals surface area contributed by atoms with Gasteiger partial charge in [-0.2, -0.15) is 0 Å². The highest BCUT2D eigenvalue weighted by atomic mass is 16.5. The van der Waals surface area contributed by atoms with Gasteiger partial charge in [0.2, 0.25) is 0 Å². The second-order valence-electron chi connectivity index (χ2n) is 5.92. The molecule has 1 aromatic carbocycles. The highest BCUT2D eigenvalue weighted by Gasteiger charge is 2.33. The Morgan fingerprint density at radius 3 is 2.76 bits per heavy atom. The fourth-order valence-corrected chi connectivity index (χ4v) is 2.74. The molecule has 1 amide bonds. The van der Waals surface area contributed by atoms with E-state index < -0.39 is 5.63 Å². The average Bonchev–Trinajstić information content (AvgIpc) is 2.56. The van der Waals surface area contributed by atoms with Gasteiger partial charge in [-0.3, -0.25) is 9.78 Å². The van der Waals surface area contributed by atoms with Crippen LogP contribution in [0.2, 0.25) is 0 Å². The molecule has 2 aromatic heterocycles. The van der Waals surface area contributed by atoms with E-state index in [1.165, 1.54) is 12.3 Å². The monoisotopic (exact) mass is 337 g/mol. The Hall–Kier alpha value is -3.22. The quantitative estimate of drug-likeness (QED) is 0.724. The highest BCUT2D eigenvalue weighted by molar-refractivity contribution is 5.94. The van der Waals surface area contributed by atoms with Crippen LogP contribution >= 0.6 is 0 Å². The molecule has 0 atom stereocenters. The number of carbonyl (C=O) groups excluding carboxylic acids is 1. The van der Waals surface area contributed by atoms with E-state index in [-0.39, 0.29) is 12.0 Å². The van der Waals surface area contributed by atoms with Crippen LogP contribution in [0.15, 0.2) is 51.8 Å².